The van der Waals surface area contributed by atoms with E-state index < -0.39 is 0 Å². The molecule has 2 heterocycles. The average Bonchev–Trinajstić information content (AvgIpc) is 2.90. The molecule has 0 aliphatic carbocycles. The van der Waals surface area contributed by atoms with E-state index in [9.17, 15) is 4.79 Å². The molecule has 4 heteroatoms. The van der Waals surface area contributed by atoms with Gasteiger partial charge in [0.25, 0.3) is 0 Å². The quantitative estimate of drug-likeness (QED) is 0.830. The second-order valence-electron chi connectivity index (χ2n) is 4.41. The standard InChI is InChI=1S/C14H14N2OS/c17-12-6-8-16(9-7-12)14-15-13(10-18-14)11-4-2-1-3-5-11/h1-5,10H,6-9H2. The summed E-state index contributed by atoms with van der Waals surface area (Å²) in [6, 6.07) is 10.2. The van der Waals surface area contributed by atoms with Crippen molar-refractivity contribution in [2.45, 2.75) is 12.8 Å². The second kappa shape index (κ2) is 4.90. The van der Waals surface area contributed by atoms with E-state index in [-0.39, 0.29) is 0 Å². The van der Waals surface area contributed by atoms with Gasteiger partial charge < -0.3 is 4.90 Å². The van der Waals surface area contributed by atoms with Crippen LogP contribution in [-0.4, -0.2) is 23.9 Å². The van der Waals surface area contributed by atoms with E-state index in [0.29, 0.717) is 18.6 Å². The number of Topliss-reactive ketones (excluding diaryl/α,β-unsaturated/α-hetero) is 1. The Labute approximate surface area is 110 Å². The van der Waals surface area contributed by atoms with Crippen molar-refractivity contribution < 1.29 is 4.79 Å². The van der Waals surface area contributed by atoms with Gasteiger partial charge >= 0.3 is 0 Å². The van der Waals surface area contributed by atoms with Gasteiger partial charge in [0.15, 0.2) is 5.13 Å². The van der Waals surface area contributed by atoms with E-state index in [0.717, 1.165) is 29.5 Å². The number of aromatic nitrogens is 1. The Morgan fingerprint density at radius 1 is 1.11 bits per heavy atom. The number of rotatable bonds is 2. The van der Waals surface area contributed by atoms with E-state index in [1.807, 2.05) is 18.2 Å². The van der Waals surface area contributed by atoms with Crippen molar-refractivity contribution in [3.8, 4) is 11.3 Å². The van der Waals surface area contributed by atoms with Gasteiger partial charge in [-0.15, -0.1) is 11.3 Å². The van der Waals surface area contributed by atoms with Crippen molar-refractivity contribution >= 4 is 22.3 Å². The predicted molar refractivity (Wildman–Crippen MR) is 74.0 cm³/mol. The van der Waals surface area contributed by atoms with Crippen LogP contribution in [0, 0.1) is 0 Å². The first-order valence-electron chi connectivity index (χ1n) is 6.10. The van der Waals surface area contributed by atoms with Gasteiger partial charge in [-0.2, -0.15) is 0 Å². The van der Waals surface area contributed by atoms with Crippen LogP contribution in [0.2, 0.25) is 0 Å². The molecule has 0 N–H and O–H groups in total. The lowest BCUT2D eigenvalue weighted by molar-refractivity contribution is -0.119. The number of thiazole rings is 1. The molecule has 2 aromatic rings. The van der Waals surface area contributed by atoms with Crippen LogP contribution >= 0.6 is 11.3 Å². The second-order valence-corrected chi connectivity index (χ2v) is 5.24. The third-order valence-corrected chi connectivity index (χ3v) is 4.05. The van der Waals surface area contributed by atoms with E-state index in [1.54, 1.807) is 11.3 Å². The molecule has 1 aromatic heterocycles. The molecule has 0 spiro atoms. The third-order valence-electron chi connectivity index (χ3n) is 3.15. The van der Waals surface area contributed by atoms with Crippen LogP contribution in [0.3, 0.4) is 0 Å². The SMILES string of the molecule is O=C1CCN(c2nc(-c3ccccc3)cs2)CC1. The minimum absolute atomic E-state index is 0.367. The lowest BCUT2D eigenvalue weighted by atomic mass is 10.1. The Balaban J connectivity index is 1.80. The molecule has 92 valence electrons. The van der Waals surface area contributed by atoms with Gasteiger partial charge in [0.1, 0.15) is 5.78 Å². The first-order valence-corrected chi connectivity index (χ1v) is 6.98. The first kappa shape index (κ1) is 11.4. The van der Waals surface area contributed by atoms with Gasteiger partial charge in [0.05, 0.1) is 5.69 Å². The lowest BCUT2D eigenvalue weighted by Gasteiger charge is -2.25. The molecular formula is C14H14N2OS. The summed E-state index contributed by atoms with van der Waals surface area (Å²) < 4.78 is 0. The number of anilines is 1. The Bertz CT molecular complexity index is 540. The van der Waals surface area contributed by atoms with E-state index in [4.69, 9.17) is 0 Å². The Kier molecular flexibility index (Phi) is 3.11. The summed E-state index contributed by atoms with van der Waals surface area (Å²) in [6.45, 7) is 1.61. The minimum atomic E-state index is 0.367. The smallest absolute Gasteiger partial charge is 0.185 e. The zero-order valence-corrected chi connectivity index (χ0v) is 10.8. The van der Waals surface area contributed by atoms with E-state index in [2.05, 4.69) is 27.4 Å². The van der Waals surface area contributed by atoms with Gasteiger partial charge in [-0.3, -0.25) is 4.79 Å². The molecular weight excluding hydrogens is 244 g/mol. The normalized spacial score (nSPS) is 16.0. The summed E-state index contributed by atoms with van der Waals surface area (Å²) in [7, 11) is 0. The van der Waals surface area contributed by atoms with Crippen molar-refractivity contribution in [1.29, 1.82) is 0 Å². The maximum absolute atomic E-state index is 11.2. The summed E-state index contributed by atoms with van der Waals surface area (Å²) in [4.78, 5) is 18.1. The van der Waals surface area contributed by atoms with Gasteiger partial charge in [-0.05, 0) is 0 Å². The van der Waals surface area contributed by atoms with Crippen LogP contribution in [0.4, 0.5) is 5.13 Å². The highest BCUT2D eigenvalue weighted by molar-refractivity contribution is 7.14. The van der Waals surface area contributed by atoms with E-state index in [1.165, 1.54) is 0 Å². The number of hydrogen-bond acceptors (Lipinski definition) is 4. The summed E-state index contributed by atoms with van der Waals surface area (Å²) in [6.07, 6.45) is 1.31. The van der Waals surface area contributed by atoms with Crippen molar-refractivity contribution in [2.75, 3.05) is 18.0 Å². The predicted octanol–water partition coefficient (Wildman–Crippen LogP) is 2.98. The minimum Gasteiger partial charge on any atom is -0.347 e. The molecule has 3 nitrogen and oxygen atoms in total. The molecule has 0 unspecified atom stereocenters. The molecule has 1 aliphatic rings. The molecule has 3 rings (SSSR count). The summed E-state index contributed by atoms with van der Waals surface area (Å²) in [5.41, 5.74) is 2.17. The summed E-state index contributed by atoms with van der Waals surface area (Å²) >= 11 is 1.66. The fourth-order valence-corrected chi connectivity index (χ4v) is 2.99. The zero-order valence-electron chi connectivity index (χ0n) is 10.0. The van der Waals surface area contributed by atoms with Crippen LogP contribution < -0.4 is 4.90 Å². The summed E-state index contributed by atoms with van der Waals surface area (Å²) in [5.74, 6) is 0.367. The zero-order chi connectivity index (χ0) is 12.4. The van der Waals surface area contributed by atoms with Gasteiger partial charge in [0, 0.05) is 36.9 Å². The molecule has 1 aliphatic heterocycles. The topological polar surface area (TPSA) is 33.2 Å². The number of carbonyl (C=O) groups excluding carboxylic acids is 1. The number of ketones is 1. The monoisotopic (exact) mass is 258 g/mol. The number of benzene rings is 1. The van der Waals surface area contributed by atoms with Crippen molar-refractivity contribution in [2.24, 2.45) is 0 Å². The fraction of sp³-hybridized carbons (Fsp3) is 0.286. The molecule has 18 heavy (non-hydrogen) atoms. The largest absolute Gasteiger partial charge is 0.347 e. The molecule has 1 fully saturated rings. The number of hydrogen-bond donors (Lipinski definition) is 0. The van der Waals surface area contributed by atoms with Crippen LogP contribution in [-0.2, 0) is 4.79 Å². The Morgan fingerprint density at radius 3 is 2.56 bits per heavy atom. The maximum atomic E-state index is 11.2. The number of carbonyl (C=O) groups is 1. The first-order chi connectivity index (χ1) is 8.83. The lowest BCUT2D eigenvalue weighted by Crippen LogP contribution is -2.33. The van der Waals surface area contributed by atoms with Crippen LogP contribution in [0.15, 0.2) is 35.7 Å². The van der Waals surface area contributed by atoms with Gasteiger partial charge in [0.2, 0.25) is 0 Å². The summed E-state index contributed by atoms with van der Waals surface area (Å²) in [5, 5.41) is 3.11. The van der Waals surface area contributed by atoms with Crippen LogP contribution in [0.1, 0.15) is 12.8 Å². The molecule has 1 aromatic carbocycles. The molecule has 0 amide bonds. The highest BCUT2D eigenvalue weighted by Gasteiger charge is 2.18. The number of nitrogens with zero attached hydrogens (tertiary/aromatic N) is 2. The Morgan fingerprint density at radius 2 is 1.83 bits per heavy atom. The highest BCUT2D eigenvalue weighted by Crippen LogP contribution is 2.28. The average molecular weight is 258 g/mol. The van der Waals surface area contributed by atoms with Gasteiger partial charge in [-0.1, -0.05) is 30.3 Å². The van der Waals surface area contributed by atoms with Crippen molar-refractivity contribution in [3.05, 3.63) is 35.7 Å². The maximum Gasteiger partial charge on any atom is 0.185 e. The molecule has 0 radical (unpaired) electrons. The highest BCUT2D eigenvalue weighted by atomic mass is 32.1. The fourth-order valence-electron chi connectivity index (χ4n) is 2.10. The van der Waals surface area contributed by atoms with Crippen molar-refractivity contribution in [1.82, 2.24) is 4.98 Å². The Hall–Kier alpha value is -1.68. The van der Waals surface area contributed by atoms with Crippen LogP contribution in [0.5, 0.6) is 0 Å². The molecule has 0 bridgehead atoms. The molecule has 0 saturated carbocycles. The van der Waals surface area contributed by atoms with E-state index >= 15 is 0 Å². The third kappa shape index (κ3) is 2.29. The molecule has 0 atom stereocenters. The van der Waals surface area contributed by atoms with Gasteiger partial charge in [-0.25, -0.2) is 4.98 Å². The van der Waals surface area contributed by atoms with Crippen molar-refractivity contribution in [3.63, 3.8) is 0 Å². The number of piperidine rings is 1. The van der Waals surface area contributed by atoms with Crippen LogP contribution in [0.25, 0.3) is 11.3 Å². The molecule has 1 saturated heterocycles.